The van der Waals surface area contributed by atoms with Crippen LogP contribution in [0.4, 0.5) is 4.39 Å². The van der Waals surface area contributed by atoms with Gasteiger partial charge in [-0.1, -0.05) is 19.1 Å². The van der Waals surface area contributed by atoms with Gasteiger partial charge in [0.25, 0.3) is 0 Å². The molecule has 1 aromatic carbocycles. The first-order valence-corrected chi connectivity index (χ1v) is 5.23. The number of halogens is 1. The number of rotatable bonds is 2. The van der Waals surface area contributed by atoms with Crippen LogP contribution >= 0.6 is 0 Å². The van der Waals surface area contributed by atoms with Crippen molar-refractivity contribution in [3.8, 4) is 0 Å². The average Bonchev–Trinajstić information content (AvgIpc) is 2.71. The number of hydrogen-bond acceptors (Lipinski definition) is 1. The van der Waals surface area contributed by atoms with E-state index in [1.165, 1.54) is 12.0 Å². The van der Waals surface area contributed by atoms with Crippen molar-refractivity contribution in [2.45, 2.75) is 19.3 Å². The van der Waals surface area contributed by atoms with Crippen molar-refractivity contribution >= 4 is 0 Å². The van der Waals surface area contributed by atoms with Crippen LogP contribution in [0.25, 0.3) is 0 Å². The van der Waals surface area contributed by atoms with Crippen LogP contribution in [-0.4, -0.2) is 13.1 Å². The van der Waals surface area contributed by atoms with Crippen LogP contribution in [0.1, 0.15) is 24.8 Å². The molecular weight excluding hydrogens is 177 g/mol. The van der Waals surface area contributed by atoms with Gasteiger partial charge in [0.2, 0.25) is 0 Å². The van der Waals surface area contributed by atoms with Gasteiger partial charge in [0.05, 0.1) is 0 Å². The van der Waals surface area contributed by atoms with Crippen LogP contribution in [0, 0.1) is 11.7 Å². The molecule has 2 heteroatoms. The van der Waals surface area contributed by atoms with E-state index in [0.717, 1.165) is 13.1 Å². The van der Waals surface area contributed by atoms with Crippen molar-refractivity contribution in [3.05, 3.63) is 35.6 Å². The summed E-state index contributed by atoms with van der Waals surface area (Å²) in [6.45, 7) is 4.44. The largest absolute Gasteiger partial charge is 0.316 e. The van der Waals surface area contributed by atoms with Gasteiger partial charge in [-0.25, -0.2) is 4.39 Å². The van der Waals surface area contributed by atoms with Crippen LogP contribution in [0.2, 0.25) is 0 Å². The molecule has 0 radical (unpaired) electrons. The van der Waals surface area contributed by atoms with Crippen LogP contribution in [0.15, 0.2) is 24.3 Å². The lowest BCUT2D eigenvalue weighted by molar-refractivity contribution is 0.486. The summed E-state index contributed by atoms with van der Waals surface area (Å²) < 4.78 is 12.7. The molecule has 2 rings (SSSR count). The highest BCUT2D eigenvalue weighted by atomic mass is 19.1. The van der Waals surface area contributed by atoms with Gasteiger partial charge in [-0.05, 0) is 49.0 Å². The van der Waals surface area contributed by atoms with Crippen molar-refractivity contribution in [1.29, 1.82) is 0 Å². The van der Waals surface area contributed by atoms with Gasteiger partial charge in [-0.15, -0.1) is 0 Å². The van der Waals surface area contributed by atoms with E-state index in [1.807, 2.05) is 12.1 Å². The molecule has 2 atom stereocenters. The molecular formula is C12H16FN. The number of benzene rings is 1. The van der Waals surface area contributed by atoms with Crippen LogP contribution in [-0.2, 0) is 0 Å². The van der Waals surface area contributed by atoms with Crippen LogP contribution in [0.3, 0.4) is 0 Å². The normalized spacial score (nSPS) is 23.7. The molecule has 0 spiro atoms. The summed E-state index contributed by atoms with van der Waals surface area (Å²) in [5, 5.41) is 3.36. The Hall–Kier alpha value is -0.890. The summed E-state index contributed by atoms with van der Waals surface area (Å²) in [5.41, 5.74) is 1.25. The monoisotopic (exact) mass is 193 g/mol. The van der Waals surface area contributed by atoms with E-state index in [9.17, 15) is 4.39 Å². The maximum absolute atomic E-state index is 12.7. The van der Waals surface area contributed by atoms with Gasteiger partial charge in [-0.2, -0.15) is 0 Å². The molecule has 76 valence electrons. The summed E-state index contributed by atoms with van der Waals surface area (Å²) in [4.78, 5) is 0. The third kappa shape index (κ3) is 1.95. The second-order valence-corrected chi connectivity index (χ2v) is 4.09. The minimum absolute atomic E-state index is 0.148. The molecule has 0 aromatic heterocycles. The summed E-state index contributed by atoms with van der Waals surface area (Å²) in [6, 6.07) is 6.90. The first kappa shape index (κ1) is 9.66. The van der Waals surface area contributed by atoms with Crippen LogP contribution in [0.5, 0.6) is 0 Å². The average molecular weight is 193 g/mol. The molecule has 0 saturated carbocycles. The van der Waals surface area contributed by atoms with Gasteiger partial charge in [0.1, 0.15) is 5.82 Å². The Labute approximate surface area is 84.3 Å². The van der Waals surface area contributed by atoms with E-state index < -0.39 is 0 Å². The molecule has 1 aromatic rings. The molecule has 1 saturated heterocycles. The van der Waals surface area contributed by atoms with E-state index in [1.54, 1.807) is 12.1 Å². The molecule has 1 nitrogen and oxygen atoms in total. The second-order valence-electron chi connectivity index (χ2n) is 4.09. The van der Waals surface area contributed by atoms with Gasteiger partial charge >= 0.3 is 0 Å². The molecule has 1 unspecified atom stereocenters. The zero-order chi connectivity index (χ0) is 9.97. The van der Waals surface area contributed by atoms with Gasteiger partial charge in [0, 0.05) is 0 Å². The lowest BCUT2D eigenvalue weighted by atomic mass is 9.87. The number of hydrogen-bond donors (Lipinski definition) is 1. The minimum atomic E-state index is -0.148. The molecule has 1 fully saturated rings. The maximum Gasteiger partial charge on any atom is 0.123 e. The van der Waals surface area contributed by atoms with E-state index in [-0.39, 0.29) is 5.82 Å². The first-order valence-electron chi connectivity index (χ1n) is 5.23. The summed E-state index contributed by atoms with van der Waals surface area (Å²) in [7, 11) is 0. The fourth-order valence-corrected chi connectivity index (χ4v) is 2.14. The Kier molecular flexibility index (Phi) is 2.82. The van der Waals surface area contributed by atoms with Gasteiger partial charge < -0.3 is 5.32 Å². The highest BCUT2D eigenvalue weighted by Crippen LogP contribution is 2.28. The molecule has 0 aliphatic carbocycles. The Morgan fingerprint density at radius 3 is 2.64 bits per heavy atom. The third-order valence-electron chi connectivity index (χ3n) is 3.20. The summed E-state index contributed by atoms with van der Waals surface area (Å²) in [5.74, 6) is 1.09. The molecule has 1 aliphatic heterocycles. The first-order chi connectivity index (χ1) is 6.77. The van der Waals surface area contributed by atoms with Crippen molar-refractivity contribution in [1.82, 2.24) is 5.32 Å². The van der Waals surface area contributed by atoms with Crippen molar-refractivity contribution < 1.29 is 4.39 Å². The zero-order valence-electron chi connectivity index (χ0n) is 8.46. The molecule has 1 aliphatic rings. The molecule has 14 heavy (non-hydrogen) atoms. The standard InChI is InChI=1S/C12H16FN/c1-9(11-6-7-14-8-11)10-2-4-12(13)5-3-10/h2-5,9,11,14H,6-8H2,1H3/t9-,11?/m1/s1. The lowest BCUT2D eigenvalue weighted by Gasteiger charge is -2.18. The van der Waals surface area contributed by atoms with Crippen molar-refractivity contribution in [2.24, 2.45) is 5.92 Å². The molecule has 1 heterocycles. The Morgan fingerprint density at radius 1 is 1.36 bits per heavy atom. The predicted octanol–water partition coefficient (Wildman–Crippen LogP) is 2.54. The smallest absolute Gasteiger partial charge is 0.123 e. The highest BCUT2D eigenvalue weighted by molar-refractivity contribution is 5.20. The summed E-state index contributed by atoms with van der Waals surface area (Å²) in [6.07, 6.45) is 1.23. The fourth-order valence-electron chi connectivity index (χ4n) is 2.14. The van der Waals surface area contributed by atoms with Gasteiger partial charge in [-0.3, -0.25) is 0 Å². The Bertz CT molecular complexity index is 288. The Balaban J connectivity index is 2.09. The second kappa shape index (κ2) is 4.09. The molecule has 0 bridgehead atoms. The van der Waals surface area contributed by atoms with E-state index in [2.05, 4.69) is 12.2 Å². The zero-order valence-corrected chi connectivity index (χ0v) is 8.46. The van der Waals surface area contributed by atoms with E-state index in [0.29, 0.717) is 11.8 Å². The highest BCUT2D eigenvalue weighted by Gasteiger charge is 2.22. The lowest BCUT2D eigenvalue weighted by Crippen LogP contribution is -2.14. The Morgan fingerprint density at radius 2 is 2.07 bits per heavy atom. The van der Waals surface area contributed by atoms with Crippen molar-refractivity contribution in [3.63, 3.8) is 0 Å². The number of nitrogens with one attached hydrogen (secondary N) is 1. The van der Waals surface area contributed by atoms with Crippen molar-refractivity contribution in [2.75, 3.05) is 13.1 Å². The van der Waals surface area contributed by atoms with Gasteiger partial charge in [0.15, 0.2) is 0 Å². The van der Waals surface area contributed by atoms with E-state index >= 15 is 0 Å². The molecule has 0 amide bonds. The third-order valence-corrected chi connectivity index (χ3v) is 3.20. The predicted molar refractivity (Wildman–Crippen MR) is 55.8 cm³/mol. The quantitative estimate of drug-likeness (QED) is 0.761. The molecule has 1 N–H and O–H groups in total. The topological polar surface area (TPSA) is 12.0 Å². The minimum Gasteiger partial charge on any atom is -0.316 e. The van der Waals surface area contributed by atoms with E-state index in [4.69, 9.17) is 0 Å². The maximum atomic E-state index is 12.7. The van der Waals surface area contributed by atoms with Crippen LogP contribution < -0.4 is 5.32 Å². The SMILES string of the molecule is C[C@H](c1ccc(F)cc1)C1CCNC1. The summed E-state index contributed by atoms with van der Waals surface area (Å²) >= 11 is 0. The fraction of sp³-hybridized carbons (Fsp3) is 0.500.